The molecule has 0 radical (unpaired) electrons. The summed E-state index contributed by atoms with van der Waals surface area (Å²) in [4.78, 5) is 14.9. The molecule has 1 aromatic carbocycles. The molecule has 0 aliphatic carbocycles. The minimum atomic E-state index is 0.0344. The molecule has 2 aromatic rings. The lowest BCUT2D eigenvalue weighted by molar-refractivity contribution is 0.0892. The van der Waals surface area contributed by atoms with E-state index in [-0.39, 0.29) is 11.9 Å². The molecule has 1 atom stereocenters. The predicted octanol–water partition coefficient (Wildman–Crippen LogP) is 2.73. The van der Waals surface area contributed by atoms with Crippen LogP contribution >= 0.6 is 0 Å². The molecule has 0 unspecified atom stereocenters. The first-order chi connectivity index (χ1) is 11.1. The molecule has 0 saturated carbocycles. The van der Waals surface area contributed by atoms with Crippen molar-refractivity contribution in [2.75, 3.05) is 13.1 Å². The van der Waals surface area contributed by atoms with Crippen LogP contribution in [0.5, 0.6) is 0 Å². The van der Waals surface area contributed by atoms with Crippen molar-refractivity contribution in [1.82, 2.24) is 14.8 Å². The summed E-state index contributed by atoms with van der Waals surface area (Å²) in [5, 5.41) is 3.20. The molecule has 4 heteroatoms. The minimum Gasteiger partial charge on any atom is -0.347 e. The second-order valence-electron chi connectivity index (χ2n) is 6.45. The van der Waals surface area contributed by atoms with Gasteiger partial charge in [0.2, 0.25) is 0 Å². The van der Waals surface area contributed by atoms with Gasteiger partial charge in [0, 0.05) is 31.9 Å². The zero-order valence-corrected chi connectivity index (χ0v) is 14.0. The van der Waals surface area contributed by atoms with Crippen LogP contribution in [0.2, 0.25) is 0 Å². The van der Waals surface area contributed by atoms with Crippen LogP contribution in [-0.4, -0.2) is 34.5 Å². The lowest BCUT2D eigenvalue weighted by atomic mass is 10.0. The van der Waals surface area contributed by atoms with Crippen LogP contribution in [0.3, 0.4) is 0 Å². The predicted molar refractivity (Wildman–Crippen MR) is 92.4 cm³/mol. The number of aryl methyl sites for hydroxylation is 1. The van der Waals surface area contributed by atoms with Gasteiger partial charge in [0.25, 0.3) is 5.91 Å². The molecule has 1 fully saturated rings. The smallest absolute Gasteiger partial charge is 0.268 e. The SMILES string of the molecule is Cc1ccc(C(=O)N[C@H]2CCCN(Cc3ccccc3)C2)n1C. The summed E-state index contributed by atoms with van der Waals surface area (Å²) in [6, 6.07) is 14.6. The molecule has 1 aliphatic rings. The summed E-state index contributed by atoms with van der Waals surface area (Å²) in [5.41, 5.74) is 3.17. The standard InChI is InChI=1S/C19H25N3O/c1-15-10-11-18(21(15)2)19(23)20-17-9-6-12-22(14-17)13-16-7-4-3-5-8-16/h3-5,7-8,10-11,17H,6,9,12-14H2,1-2H3,(H,20,23)/t17-/m0/s1. The van der Waals surface area contributed by atoms with Gasteiger partial charge in [0.1, 0.15) is 5.69 Å². The number of carbonyl (C=O) groups is 1. The Bertz CT molecular complexity index is 663. The molecule has 4 nitrogen and oxygen atoms in total. The molecule has 122 valence electrons. The number of piperidine rings is 1. The highest BCUT2D eigenvalue weighted by Gasteiger charge is 2.22. The largest absolute Gasteiger partial charge is 0.347 e. The number of nitrogens with zero attached hydrogens (tertiary/aromatic N) is 2. The van der Waals surface area contributed by atoms with Gasteiger partial charge in [-0.05, 0) is 44.0 Å². The number of nitrogens with one attached hydrogen (secondary N) is 1. The maximum absolute atomic E-state index is 12.5. The fourth-order valence-electron chi connectivity index (χ4n) is 3.26. The summed E-state index contributed by atoms with van der Waals surface area (Å²) in [6.45, 7) is 4.99. The van der Waals surface area contributed by atoms with Crippen molar-refractivity contribution in [3.8, 4) is 0 Å². The lowest BCUT2D eigenvalue weighted by Crippen LogP contribution is -2.47. The van der Waals surface area contributed by atoms with Crippen LogP contribution in [0.25, 0.3) is 0 Å². The van der Waals surface area contributed by atoms with Crippen molar-refractivity contribution < 1.29 is 4.79 Å². The number of hydrogen-bond acceptors (Lipinski definition) is 2. The Morgan fingerprint density at radius 2 is 2.00 bits per heavy atom. The second-order valence-corrected chi connectivity index (χ2v) is 6.45. The Morgan fingerprint density at radius 1 is 1.22 bits per heavy atom. The number of carbonyl (C=O) groups excluding carboxylic acids is 1. The van der Waals surface area contributed by atoms with E-state index in [1.807, 2.05) is 36.7 Å². The maximum atomic E-state index is 12.5. The summed E-state index contributed by atoms with van der Waals surface area (Å²) >= 11 is 0. The quantitative estimate of drug-likeness (QED) is 0.943. The zero-order valence-electron chi connectivity index (χ0n) is 14.0. The van der Waals surface area contributed by atoms with E-state index in [4.69, 9.17) is 0 Å². The Morgan fingerprint density at radius 3 is 2.70 bits per heavy atom. The molecule has 23 heavy (non-hydrogen) atoms. The average molecular weight is 311 g/mol. The number of benzene rings is 1. The Balaban J connectivity index is 1.58. The summed E-state index contributed by atoms with van der Waals surface area (Å²) in [5.74, 6) is 0.0344. The molecule has 2 heterocycles. The summed E-state index contributed by atoms with van der Waals surface area (Å²) in [7, 11) is 1.94. The molecule has 1 N–H and O–H groups in total. The topological polar surface area (TPSA) is 37.3 Å². The maximum Gasteiger partial charge on any atom is 0.268 e. The van der Waals surface area contributed by atoms with Gasteiger partial charge in [-0.1, -0.05) is 30.3 Å². The molecule has 0 spiro atoms. The van der Waals surface area contributed by atoms with Crippen molar-refractivity contribution in [1.29, 1.82) is 0 Å². The number of amides is 1. The first kappa shape index (κ1) is 15.8. The van der Waals surface area contributed by atoms with Crippen LogP contribution in [0.4, 0.5) is 0 Å². The molecular weight excluding hydrogens is 286 g/mol. The van der Waals surface area contributed by atoms with Gasteiger partial charge in [0.15, 0.2) is 0 Å². The van der Waals surface area contributed by atoms with Gasteiger partial charge in [0.05, 0.1) is 0 Å². The third kappa shape index (κ3) is 3.82. The zero-order chi connectivity index (χ0) is 16.2. The molecule has 1 amide bonds. The molecule has 1 saturated heterocycles. The minimum absolute atomic E-state index is 0.0344. The summed E-state index contributed by atoms with van der Waals surface area (Å²) < 4.78 is 1.94. The highest BCUT2D eigenvalue weighted by atomic mass is 16.2. The Hall–Kier alpha value is -2.07. The molecule has 0 bridgehead atoms. The van der Waals surface area contributed by atoms with Crippen molar-refractivity contribution in [3.05, 3.63) is 59.4 Å². The van der Waals surface area contributed by atoms with Crippen molar-refractivity contribution in [2.45, 2.75) is 32.4 Å². The third-order valence-electron chi connectivity index (χ3n) is 4.70. The van der Waals surface area contributed by atoms with Gasteiger partial charge < -0.3 is 9.88 Å². The first-order valence-electron chi connectivity index (χ1n) is 8.33. The number of hydrogen-bond donors (Lipinski definition) is 1. The lowest BCUT2D eigenvalue weighted by Gasteiger charge is -2.33. The molecule has 1 aliphatic heterocycles. The van der Waals surface area contributed by atoms with Crippen LogP contribution in [0, 0.1) is 6.92 Å². The summed E-state index contributed by atoms with van der Waals surface area (Å²) in [6.07, 6.45) is 2.18. The van der Waals surface area contributed by atoms with E-state index in [1.165, 1.54) is 5.56 Å². The van der Waals surface area contributed by atoms with Crippen molar-refractivity contribution >= 4 is 5.91 Å². The van der Waals surface area contributed by atoms with E-state index in [2.05, 4.69) is 34.5 Å². The van der Waals surface area contributed by atoms with E-state index in [9.17, 15) is 4.79 Å². The van der Waals surface area contributed by atoms with Crippen molar-refractivity contribution in [2.24, 2.45) is 7.05 Å². The van der Waals surface area contributed by atoms with Crippen LogP contribution in [-0.2, 0) is 13.6 Å². The van der Waals surface area contributed by atoms with Crippen molar-refractivity contribution in [3.63, 3.8) is 0 Å². The van der Waals surface area contributed by atoms with Crippen LogP contribution < -0.4 is 5.32 Å². The number of rotatable bonds is 4. The van der Waals surface area contributed by atoms with Crippen LogP contribution in [0.1, 0.15) is 34.6 Å². The fourth-order valence-corrected chi connectivity index (χ4v) is 3.26. The molecular formula is C19H25N3O. The number of likely N-dealkylation sites (tertiary alicyclic amines) is 1. The van der Waals surface area contributed by atoms with Gasteiger partial charge >= 0.3 is 0 Å². The molecule has 1 aromatic heterocycles. The van der Waals surface area contributed by atoms with E-state index < -0.39 is 0 Å². The highest BCUT2D eigenvalue weighted by Crippen LogP contribution is 2.15. The molecule has 3 rings (SSSR count). The van der Waals surface area contributed by atoms with Gasteiger partial charge in [-0.15, -0.1) is 0 Å². The monoisotopic (exact) mass is 311 g/mol. The Labute approximate surface area is 138 Å². The first-order valence-corrected chi connectivity index (χ1v) is 8.33. The third-order valence-corrected chi connectivity index (χ3v) is 4.70. The van der Waals surface area contributed by atoms with Gasteiger partial charge in [-0.2, -0.15) is 0 Å². The highest BCUT2D eigenvalue weighted by molar-refractivity contribution is 5.93. The fraction of sp³-hybridized carbons (Fsp3) is 0.421. The van der Waals surface area contributed by atoms with Gasteiger partial charge in [-0.3, -0.25) is 9.69 Å². The normalized spacial score (nSPS) is 18.8. The van der Waals surface area contributed by atoms with Crippen LogP contribution in [0.15, 0.2) is 42.5 Å². The Kier molecular flexibility index (Phi) is 4.82. The van der Waals surface area contributed by atoms with E-state index in [0.717, 1.165) is 43.9 Å². The van der Waals surface area contributed by atoms with E-state index in [0.29, 0.717) is 0 Å². The van der Waals surface area contributed by atoms with E-state index in [1.54, 1.807) is 0 Å². The average Bonchev–Trinajstić information content (AvgIpc) is 2.88. The van der Waals surface area contributed by atoms with Gasteiger partial charge in [-0.25, -0.2) is 0 Å². The number of aromatic nitrogens is 1. The van der Waals surface area contributed by atoms with E-state index >= 15 is 0 Å². The second kappa shape index (κ2) is 7.01.